The predicted octanol–water partition coefficient (Wildman–Crippen LogP) is 16.8. The Morgan fingerprint density at radius 3 is 1.10 bits per heavy atom. The van der Waals surface area contributed by atoms with Crippen LogP contribution in [0.3, 0.4) is 0 Å². The molecule has 354 valence electrons. The van der Waals surface area contributed by atoms with Crippen LogP contribution < -0.4 is 0 Å². The minimum atomic E-state index is -0.804. The normalized spacial score (nSPS) is 12.8. The molecule has 1 atom stereocenters. The summed E-state index contributed by atoms with van der Waals surface area (Å²) >= 11 is 0. The van der Waals surface area contributed by atoms with Crippen molar-refractivity contribution in [3.63, 3.8) is 0 Å². The van der Waals surface area contributed by atoms with Gasteiger partial charge in [-0.25, -0.2) is 0 Å². The minimum absolute atomic E-state index is 0.0988. The van der Waals surface area contributed by atoms with E-state index in [9.17, 15) is 14.4 Å². The van der Waals surface area contributed by atoms with Crippen LogP contribution in [0.4, 0.5) is 0 Å². The van der Waals surface area contributed by atoms with Gasteiger partial charge in [0.05, 0.1) is 0 Å². The molecule has 0 heterocycles. The summed E-state index contributed by atoms with van der Waals surface area (Å²) in [5.41, 5.74) is 0. The molecule has 0 amide bonds. The summed E-state index contributed by atoms with van der Waals surface area (Å²) in [6, 6.07) is 0. The zero-order chi connectivity index (χ0) is 45.1. The molecule has 0 fully saturated rings. The Kier molecular flexibility index (Phi) is 47.5. The Morgan fingerprint density at radius 2 is 0.661 bits per heavy atom. The highest BCUT2D eigenvalue weighted by atomic mass is 16.6. The van der Waals surface area contributed by atoms with Crippen molar-refractivity contribution in [1.82, 2.24) is 0 Å². The van der Waals surface area contributed by atoms with E-state index in [2.05, 4.69) is 106 Å². The number of allylic oxidation sites excluding steroid dienone is 14. The number of unbranched alkanes of at least 4 members (excludes halogenated alkanes) is 20. The number of hydrogen-bond donors (Lipinski definition) is 0. The topological polar surface area (TPSA) is 78.9 Å². The lowest BCUT2D eigenvalue weighted by Crippen LogP contribution is -2.30. The largest absolute Gasteiger partial charge is 0.462 e. The summed E-state index contributed by atoms with van der Waals surface area (Å²) < 4.78 is 16.7. The van der Waals surface area contributed by atoms with Crippen molar-refractivity contribution in [2.75, 3.05) is 13.2 Å². The molecule has 6 nitrogen and oxygen atoms in total. The molecule has 0 saturated carbocycles. The maximum absolute atomic E-state index is 12.8. The zero-order valence-corrected chi connectivity index (χ0v) is 40.4. The van der Waals surface area contributed by atoms with Crippen LogP contribution in [0.25, 0.3) is 0 Å². The van der Waals surface area contributed by atoms with Crippen LogP contribution in [-0.2, 0) is 28.6 Å². The SMILES string of the molecule is CC/C=C\C/C=C\C/C=C\C/C=C\C/C=C\CCCC(=O)OC[C@@H](COC(=O)CCCCCCCCCCCCCCC)OC(=O)CCCCCCC/C=C\C/C=C\CCCC. The average molecular weight is 863 g/mol. The van der Waals surface area contributed by atoms with E-state index in [1.807, 2.05) is 0 Å². The maximum atomic E-state index is 12.8. The van der Waals surface area contributed by atoms with Gasteiger partial charge in [0.2, 0.25) is 0 Å². The van der Waals surface area contributed by atoms with Crippen molar-refractivity contribution in [2.24, 2.45) is 0 Å². The van der Waals surface area contributed by atoms with Crippen molar-refractivity contribution in [3.8, 4) is 0 Å². The fraction of sp³-hybridized carbons (Fsp3) is 0.696. The number of esters is 3. The van der Waals surface area contributed by atoms with Gasteiger partial charge in [0.15, 0.2) is 6.10 Å². The molecule has 0 aromatic heterocycles. The summed E-state index contributed by atoms with van der Waals surface area (Å²) in [4.78, 5) is 37.9. The number of carbonyl (C=O) groups is 3. The van der Waals surface area contributed by atoms with E-state index in [-0.39, 0.29) is 37.5 Å². The fourth-order valence-corrected chi connectivity index (χ4v) is 6.79. The first-order chi connectivity index (χ1) is 30.5. The monoisotopic (exact) mass is 863 g/mol. The van der Waals surface area contributed by atoms with Gasteiger partial charge in [-0.3, -0.25) is 14.4 Å². The van der Waals surface area contributed by atoms with E-state index in [0.29, 0.717) is 19.3 Å². The molecule has 0 aliphatic carbocycles. The summed E-state index contributed by atoms with van der Waals surface area (Å²) in [6.07, 6.45) is 64.2. The zero-order valence-electron chi connectivity index (χ0n) is 40.4. The Morgan fingerprint density at radius 1 is 0.339 bits per heavy atom. The molecule has 0 N–H and O–H groups in total. The molecule has 0 saturated heterocycles. The second kappa shape index (κ2) is 50.2. The second-order valence-corrected chi connectivity index (χ2v) is 16.7. The highest BCUT2D eigenvalue weighted by Gasteiger charge is 2.19. The van der Waals surface area contributed by atoms with E-state index in [1.54, 1.807) is 0 Å². The van der Waals surface area contributed by atoms with Crippen molar-refractivity contribution >= 4 is 17.9 Å². The number of rotatable bonds is 45. The molecule has 6 heteroatoms. The summed E-state index contributed by atoms with van der Waals surface area (Å²) in [5.74, 6) is -0.974. The molecule has 0 bridgehead atoms. The third-order valence-electron chi connectivity index (χ3n) is 10.6. The molecule has 0 rings (SSSR count). The third-order valence-corrected chi connectivity index (χ3v) is 10.6. The first kappa shape index (κ1) is 58.6. The average Bonchev–Trinajstić information content (AvgIpc) is 3.27. The van der Waals surface area contributed by atoms with Gasteiger partial charge in [0, 0.05) is 19.3 Å². The Labute approximate surface area is 382 Å². The van der Waals surface area contributed by atoms with Crippen LogP contribution in [0.15, 0.2) is 85.1 Å². The summed E-state index contributed by atoms with van der Waals surface area (Å²) in [7, 11) is 0. The van der Waals surface area contributed by atoms with Gasteiger partial charge < -0.3 is 14.2 Å². The lowest BCUT2D eigenvalue weighted by Gasteiger charge is -2.18. The van der Waals surface area contributed by atoms with Gasteiger partial charge in [-0.05, 0) is 83.5 Å². The molecule has 0 aromatic rings. The Balaban J connectivity index is 4.50. The van der Waals surface area contributed by atoms with Crippen LogP contribution in [0.5, 0.6) is 0 Å². The number of carbonyl (C=O) groups excluding carboxylic acids is 3. The van der Waals surface area contributed by atoms with Crippen LogP contribution in [0.2, 0.25) is 0 Å². The summed E-state index contributed by atoms with van der Waals surface area (Å²) in [6.45, 7) is 6.42. The second-order valence-electron chi connectivity index (χ2n) is 16.7. The van der Waals surface area contributed by atoms with Gasteiger partial charge in [0.25, 0.3) is 0 Å². The number of hydrogen-bond acceptors (Lipinski definition) is 6. The van der Waals surface area contributed by atoms with Crippen LogP contribution in [0, 0.1) is 0 Å². The van der Waals surface area contributed by atoms with E-state index < -0.39 is 6.10 Å². The molecular weight excluding hydrogens is 769 g/mol. The van der Waals surface area contributed by atoms with E-state index in [0.717, 1.165) is 103 Å². The van der Waals surface area contributed by atoms with Crippen LogP contribution in [0.1, 0.15) is 233 Å². The molecule has 0 radical (unpaired) electrons. The third kappa shape index (κ3) is 47.6. The molecular formula is C56H94O6. The van der Waals surface area contributed by atoms with Crippen molar-refractivity contribution in [1.29, 1.82) is 0 Å². The molecule has 0 spiro atoms. The first-order valence-electron chi connectivity index (χ1n) is 25.6. The van der Waals surface area contributed by atoms with Gasteiger partial charge in [0.1, 0.15) is 13.2 Å². The van der Waals surface area contributed by atoms with E-state index >= 15 is 0 Å². The van der Waals surface area contributed by atoms with Crippen molar-refractivity contribution < 1.29 is 28.6 Å². The highest BCUT2D eigenvalue weighted by Crippen LogP contribution is 2.14. The summed E-state index contributed by atoms with van der Waals surface area (Å²) in [5, 5.41) is 0. The lowest BCUT2D eigenvalue weighted by molar-refractivity contribution is -0.167. The smallest absolute Gasteiger partial charge is 0.306 e. The molecule has 0 unspecified atom stereocenters. The van der Waals surface area contributed by atoms with Crippen molar-refractivity contribution in [2.45, 2.75) is 239 Å². The lowest BCUT2D eigenvalue weighted by atomic mass is 10.0. The van der Waals surface area contributed by atoms with Gasteiger partial charge in [-0.1, -0.05) is 215 Å². The number of ether oxygens (including phenoxy) is 3. The minimum Gasteiger partial charge on any atom is -0.462 e. The van der Waals surface area contributed by atoms with E-state index in [4.69, 9.17) is 14.2 Å². The van der Waals surface area contributed by atoms with E-state index in [1.165, 1.54) is 83.5 Å². The predicted molar refractivity (Wildman–Crippen MR) is 265 cm³/mol. The van der Waals surface area contributed by atoms with Crippen molar-refractivity contribution in [3.05, 3.63) is 85.1 Å². The fourth-order valence-electron chi connectivity index (χ4n) is 6.79. The first-order valence-corrected chi connectivity index (χ1v) is 25.6. The van der Waals surface area contributed by atoms with Gasteiger partial charge in [-0.2, -0.15) is 0 Å². The van der Waals surface area contributed by atoms with Crippen LogP contribution >= 0.6 is 0 Å². The van der Waals surface area contributed by atoms with Crippen LogP contribution in [-0.4, -0.2) is 37.2 Å². The quantitative estimate of drug-likeness (QED) is 0.0263. The molecule has 0 aliphatic rings. The Hall–Kier alpha value is -3.41. The standard InChI is InChI=1S/C56H94O6/c1-4-7-10-13-16-19-22-25-27-28-29-32-34-37-40-43-46-49-55(58)61-52-53(51-60-54(57)48-45-42-39-36-33-30-24-21-18-15-12-9-6-3)62-56(59)50-47-44-41-38-35-31-26-23-20-17-14-11-8-5-2/h7,10,14,16-17,19,23,25-27,29,32,37,40,53H,4-6,8-9,11-13,15,18,20-22,24,28,30-31,33-36,38-39,41-52H2,1-3H3/b10-7-,17-14-,19-16-,26-23-,27-25-,32-29-,40-37-/t53-/m1/s1. The Bertz CT molecular complexity index is 1220. The highest BCUT2D eigenvalue weighted by molar-refractivity contribution is 5.71. The molecule has 0 aromatic carbocycles. The van der Waals surface area contributed by atoms with Gasteiger partial charge >= 0.3 is 17.9 Å². The maximum Gasteiger partial charge on any atom is 0.306 e. The van der Waals surface area contributed by atoms with Gasteiger partial charge in [-0.15, -0.1) is 0 Å². The molecule has 62 heavy (non-hydrogen) atoms. The molecule has 0 aliphatic heterocycles.